The van der Waals surface area contributed by atoms with Gasteiger partial charge in [0.05, 0.1) is 10.4 Å². The van der Waals surface area contributed by atoms with Gasteiger partial charge < -0.3 is 10.6 Å². The minimum Gasteiger partial charge on any atom is -0.329 e. The molecule has 0 aliphatic carbocycles. The maximum atomic E-state index is 5.96. The number of hydrogen-bond donors (Lipinski definition) is 1. The molecule has 0 amide bonds. The van der Waals surface area contributed by atoms with E-state index in [1.807, 2.05) is 6.07 Å². The summed E-state index contributed by atoms with van der Waals surface area (Å²) in [6.07, 6.45) is 1.15. The summed E-state index contributed by atoms with van der Waals surface area (Å²) in [6, 6.07) is 4.31. The summed E-state index contributed by atoms with van der Waals surface area (Å²) in [4.78, 5) is 5.77. The van der Waals surface area contributed by atoms with E-state index in [-0.39, 0.29) is 6.04 Å². The van der Waals surface area contributed by atoms with Gasteiger partial charge in [-0.3, -0.25) is 4.90 Å². The lowest BCUT2D eigenvalue weighted by Gasteiger charge is -2.26. The van der Waals surface area contributed by atoms with Crippen LogP contribution in [0.2, 0.25) is 4.34 Å². The number of rotatable bonds is 7. The van der Waals surface area contributed by atoms with Crippen molar-refractivity contribution < 1.29 is 0 Å². The first-order valence-corrected chi connectivity index (χ1v) is 7.04. The van der Waals surface area contributed by atoms with E-state index in [4.69, 9.17) is 17.3 Å². The van der Waals surface area contributed by atoms with Crippen molar-refractivity contribution in [1.82, 2.24) is 9.80 Å². The Kier molecular flexibility index (Phi) is 6.44. The van der Waals surface area contributed by atoms with E-state index in [1.54, 1.807) is 11.3 Å². The highest BCUT2D eigenvalue weighted by atomic mass is 35.5. The largest absolute Gasteiger partial charge is 0.329 e. The third kappa shape index (κ3) is 4.94. The van der Waals surface area contributed by atoms with Crippen LogP contribution in [0.3, 0.4) is 0 Å². The van der Waals surface area contributed by atoms with Gasteiger partial charge in [0.25, 0.3) is 0 Å². The predicted octanol–water partition coefficient (Wildman–Crippen LogP) is 2.28. The molecule has 0 spiro atoms. The second kappa shape index (κ2) is 7.34. The van der Waals surface area contributed by atoms with E-state index < -0.39 is 0 Å². The van der Waals surface area contributed by atoms with Crippen molar-refractivity contribution in [2.45, 2.75) is 12.5 Å². The smallest absolute Gasteiger partial charge is 0.0931 e. The zero-order valence-corrected chi connectivity index (χ0v) is 12.4. The predicted molar refractivity (Wildman–Crippen MR) is 76.9 cm³/mol. The Morgan fingerprint density at radius 3 is 2.47 bits per heavy atom. The zero-order chi connectivity index (χ0) is 12.8. The molecule has 0 saturated heterocycles. The molecule has 0 aliphatic heterocycles. The van der Waals surface area contributed by atoms with Crippen LogP contribution in [0, 0.1) is 0 Å². The molecular weight excluding hydrogens is 254 g/mol. The average Bonchev–Trinajstić information content (AvgIpc) is 2.65. The summed E-state index contributed by atoms with van der Waals surface area (Å²) >= 11 is 7.59. The Hall–Kier alpha value is -0.130. The summed E-state index contributed by atoms with van der Waals surface area (Å²) in [5.74, 6) is 0. The quantitative estimate of drug-likeness (QED) is 0.829. The molecule has 1 heterocycles. The Morgan fingerprint density at radius 2 is 2.00 bits per heavy atom. The van der Waals surface area contributed by atoms with E-state index in [9.17, 15) is 0 Å². The number of halogens is 1. The van der Waals surface area contributed by atoms with Crippen LogP contribution in [0.5, 0.6) is 0 Å². The Bertz CT molecular complexity index is 327. The van der Waals surface area contributed by atoms with Crippen LogP contribution in [0.25, 0.3) is 0 Å². The number of hydrogen-bond acceptors (Lipinski definition) is 4. The highest BCUT2D eigenvalue weighted by molar-refractivity contribution is 7.16. The normalized spacial score (nSPS) is 13.6. The van der Waals surface area contributed by atoms with Crippen molar-refractivity contribution in [2.24, 2.45) is 5.73 Å². The van der Waals surface area contributed by atoms with Gasteiger partial charge in [-0.15, -0.1) is 11.3 Å². The lowest BCUT2D eigenvalue weighted by atomic mass is 10.2. The summed E-state index contributed by atoms with van der Waals surface area (Å²) in [7, 11) is 6.32. The molecule has 0 fully saturated rings. The molecule has 98 valence electrons. The van der Waals surface area contributed by atoms with Crippen molar-refractivity contribution in [3.8, 4) is 0 Å². The number of nitrogens with zero attached hydrogens (tertiary/aromatic N) is 2. The summed E-state index contributed by atoms with van der Waals surface area (Å²) < 4.78 is 0.833. The van der Waals surface area contributed by atoms with Crippen LogP contribution in [-0.2, 0) is 0 Å². The molecule has 5 heteroatoms. The molecule has 0 bridgehead atoms. The molecule has 0 radical (unpaired) electrons. The summed E-state index contributed by atoms with van der Waals surface area (Å²) in [5, 5.41) is 0. The van der Waals surface area contributed by atoms with Gasteiger partial charge in [0.15, 0.2) is 0 Å². The molecule has 0 aliphatic rings. The van der Waals surface area contributed by atoms with Crippen LogP contribution in [0.1, 0.15) is 17.3 Å². The van der Waals surface area contributed by atoms with Gasteiger partial charge in [-0.25, -0.2) is 0 Å². The average molecular weight is 276 g/mol. The van der Waals surface area contributed by atoms with Crippen LogP contribution < -0.4 is 5.73 Å². The van der Waals surface area contributed by atoms with Crippen molar-refractivity contribution in [3.05, 3.63) is 21.3 Å². The Morgan fingerprint density at radius 1 is 1.29 bits per heavy atom. The molecule has 0 aromatic carbocycles. The minimum atomic E-state index is 0.287. The lowest BCUT2D eigenvalue weighted by Crippen LogP contribution is -2.32. The molecule has 1 aromatic rings. The fourth-order valence-corrected chi connectivity index (χ4v) is 3.05. The summed E-state index contributed by atoms with van der Waals surface area (Å²) in [6.45, 7) is 2.79. The van der Waals surface area contributed by atoms with E-state index in [0.29, 0.717) is 6.54 Å². The van der Waals surface area contributed by atoms with Crippen LogP contribution in [-0.4, -0.2) is 50.6 Å². The molecule has 1 rings (SSSR count). The number of thiophene rings is 1. The van der Waals surface area contributed by atoms with Crippen molar-refractivity contribution in [2.75, 3.05) is 40.8 Å². The monoisotopic (exact) mass is 275 g/mol. The van der Waals surface area contributed by atoms with Crippen molar-refractivity contribution in [1.29, 1.82) is 0 Å². The molecule has 2 N–H and O–H groups in total. The topological polar surface area (TPSA) is 32.5 Å². The Labute approximate surface area is 113 Å². The van der Waals surface area contributed by atoms with E-state index in [2.05, 4.69) is 37.0 Å². The van der Waals surface area contributed by atoms with Crippen LogP contribution in [0.15, 0.2) is 12.1 Å². The molecule has 1 aromatic heterocycles. The van der Waals surface area contributed by atoms with Crippen molar-refractivity contribution in [3.63, 3.8) is 0 Å². The number of likely N-dealkylation sites (N-methyl/N-ethyl adjacent to an activating group) is 1. The van der Waals surface area contributed by atoms with Crippen LogP contribution >= 0.6 is 22.9 Å². The minimum absolute atomic E-state index is 0.287. The number of nitrogens with two attached hydrogens (primary N) is 1. The van der Waals surface area contributed by atoms with Gasteiger partial charge in [-0.2, -0.15) is 0 Å². The van der Waals surface area contributed by atoms with E-state index in [1.165, 1.54) is 4.88 Å². The van der Waals surface area contributed by atoms with Gasteiger partial charge in [0.2, 0.25) is 0 Å². The van der Waals surface area contributed by atoms with Gasteiger partial charge in [0.1, 0.15) is 0 Å². The van der Waals surface area contributed by atoms with Crippen molar-refractivity contribution >= 4 is 22.9 Å². The molecule has 17 heavy (non-hydrogen) atoms. The highest BCUT2D eigenvalue weighted by Gasteiger charge is 2.16. The van der Waals surface area contributed by atoms with Crippen LogP contribution in [0.4, 0.5) is 0 Å². The molecule has 0 saturated carbocycles. The molecule has 3 nitrogen and oxygen atoms in total. The van der Waals surface area contributed by atoms with Gasteiger partial charge in [-0.05, 0) is 52.8 Å². The summed E-state index contributed by atoms with van der Waals surface area (Å²) in [5.41, 5.74) is 5.86. The molecule has 1 unspecified atom stereocenters. The second-order valence-electron chi connectivity index (χ2n) is 4.53. The second-order valence-corrected chi connectivity index (χ2v) is 6.28. The first-order valence-electron chi connectivity index (χ1n) is 5.85. The van der Waals surface area contributed by atoms with Gasteiger partial charge in [-0.1, -0.05) is 11.6 Å². The fourth-order valence-electron chi connectivity index (χ4n) is 1.81. The maximum absolute atomic E-state index is 5.96. The van der Waals surface area contributed by atoms with E-state index in [0.717, 1.165) is 23.8 Å². The van der Waals surface area contributed by atoms with Gasteiger partial charge >= 0.3 is 0 Å². The third-order valence-corrected chi connectivity index (χ3v) is 4.13. The van der Waals surface area contributed by atoms with E-state index >= 15 is 0 Å². The highest BCUT2D eigenvalue weighted by Crippen LogP contribution is 2.29. The Balaban J connectivity index is 2.49. The fraction of sp³-hybridized carbons (Fsp3) is 0.667. The first-order chi connectivity index (χ1) is 8.04. The maximum Gasteiger partial charge on any atom is 0.0931 e. The lowest BCUT2D eigenvalue weighted by molar-refractivity contribution is 0.238. The first kappa shape index (κ1) is 14.9. The zero-order valence-electron chi connectivity index (χ0n) is 10.8. The molecule has 1 atom stereocenters. The standard InChI is InChI=1S/C12H22ClN3S/c1-15(2)7-4-8-16(3)10(9-14)11-5-6-12(13)17-11/h5-6,10H,4,7-9,14H2,1-3H3. The third-order valence-electron chi connectivity index (χ3n) is 2.79. The molecular formula is C12H22ClN3S. The SMILES string of the molecule is CN(C)CCCN(C)C(CN)c1ccc(Cl)s1. The van der Waals surface area contributed by atoms with Gasteiger partial charge in [0, 0.05) is 11.4 Å².